The molecule has 2 aromatic rings. The molecule has 1 N–H and O–H groups in total. The van der Waals surface area contributed by atoms with Crippen LogP contribution in [0.4, 0.5) is 5.69 Å². The van der Waals surface area contributed by atoms with Crippen molar-refractivity contribution in [3.63, 3.8) is 0 Å². The minimum atomic E-state index is -3.59. The van der Waals surface area contributed by atoms with Gasteiger partial charge in [-0.2, -0.15) is 4.31 Å². The van der Waals surface area contributed by atoms with Gasteiger partial charge in [-0.1, -0.05) is 12.1 Å². The number of ether oxygens (including phenoxy) is 1. The number of nitrogens with one attached hydrogen (secondary N) is 1. The molecule has 1 aromatic carbocycles. The number of hydrogen-bond donors (Lipinski definition) is 1. The van der Waals surface area contributed by atoms with Crippen LogP contribution in [0.15, 0.2) is 46.7 Å². The number of thiophene rings is 1. The lowest BCUT2D eigenvalue weighted by molar-refractivity contribution is -0.117. The molecule has 1 aromatic heterocycles. The van der Waals surface area contributed by atoms with Gasteiger partial charge in [0.2, 0.25) is 15.9 Å². The third-order valence-corrected chi connectivity index (χ3v) is 7.67. The highest BCUT2D eigenvalue weighted by atomic mass is 32.2. The third kappa shape index (κ3) is 4.98. The monoisotopic (exact) mass is 423 g/mol. The zero-order valence-corrected chi connectivity index (χ0v) is 17.6. The van der Waals surface area contributed by atoms with Crippen molar-refractivity contribution < 1.29 is 17.9 Å². The lowest BCUT2D eigenvalue weighted by Crippen LogP contribution is -2.40. The van der Waals surface area contributed by atoms with Crippen LogP contribution in [0, 0.1) is 0 Å². The number of morpholine rings is 1. The zero-order chi connectivity index (χ0) is 20.1. The molecule has 7 nitrogen and oxygen atoms in total. The van der Waals surface area contributed by atoms with Crippen molar-refractivity contribution in [2.45, 2.75) is 17.9 Å². The highest BCUT2D eigenvalue weighted by Crippen LogP contribution is 2.24. The summed E-state index contributed by atoms with van der Waals surface area (Å²) in [7, 11) is -1.70. The fourth-order valence-electron chi connectivity index (χ4n) is 2.98. The number of amides is 1. The second-order valence-electron chi connectivity index (χ2n) is 6.70. The molecule has 0 saturated carbocycles. The normalized spacial score (nSPS) is 16.8. The number of rotatable bonds is 7. The van der Waals surface area contributed by atoms with E-state index in [4.69, 9.17) is 4.74 Å². The molecule has 1 atom stereocenters. The highest BCUT2D eigenvalue weighted by molar-refractivity contribution is 7.89. The Balaban J connectivity index is 1.64. The van der Waals surface area contributed by atoms with Crippen LogP contribution >= 0.6 is 11.3 Å². The standard InChI is InChI=1S/C19H25N3O4S2/c1-15(18-7-4-12-27-18)21(2)14-19(23)20-16-5-3-6-17(13-16)28(24,25)22-8-10-26-11-9-22/h3-7,12-13,15H,8-11,14H2,1-2H3,(H,20,23). The van der Waals surface area contributed by atoms with Gasteiger partial charge in [0.25, 0.3) is 0 Å². The van der Waals surface area contributed by atoms with Gasteiger partial charge < -0.3 is 10.1 Å². The quantitative estimate of drug-likeness (QED) is 0.740. The Kier molecular flexibility index (Phi) is 6.84. The summed E-state index contributed by atoms with van der Waals surface area (Å²) in [6.45, 7) is 3.72. The van der Waals surface area contributed by atoms with Crippen molar-refractivity contribution >= 4 is 33.0 Å². The lowest BCUT2D eigenvalue weighted by atomic mass is 10.2. The second-order valence-corrected chi connectivity index (χ2v) is 9.62. The summed E-state index contributed by atoms with van der Waals surface area (Å²) in [6.07, 6.45) is 0. The van der Waals surface area contributed by atoms with E-state index in [0.29, 0.717) is 32.0 Å². The second kappa shape index (κ2) is 9.15. The topological polar surface area (TPSA) is 79.0 Å². The van der Waals surface area contributed by atoms with Gasteiger partial charge in [0.15, 0.2) is 0 Å². The van der Waals surface area contributed by atoms with Crippen LogP contribution in [0.5, 0.6) is 0 Å². The molecule has 1 saturated heterocycles. The minimum Gasteiger partial charge on any atom is -0.379 e. The van der Waals surface area contributed by atoms with E-state index in [1.54, 1.807) is 29.5 Å². The van der Waals surface area contributed by atoms with E-state index >= 15 is 0 Å². The lowest BCUT2D eigenvalue weighted by Gasteiger charge is -2.26. The fourth-order valence-corrected chi connectivity index (χ4v) is 5.28. The van der Waals surface area contributed by atoms with Crippen LogP contribution in [0.3, 0.4) is 0 Å². The van der Waals surface area contributed by atoms with Gasteiger partial charge in [-0.05, 0) is 43.6 Å². The first-order valence-electron chi connectivity index (χ1n) is 9.09. The van der Waals surface area contributed by atoms with Crippen LogP contribution < -0.4 is 5.32 Å². The molecule has 2 heterocycles. The van der Waals surface area contributed by atoms with Crippen LogP contribution in [0.25, 0.3) is 0 Å². The fraction of sp³-hybridized carbons (Fsp3) is 0.421. The summed E-state index contributed by atoms with van der Waals surface area (Å²) in [5.74, 6) is -0.188. The van der Waals surface area contributed by atoms with E-state index in [9.17, 15) is 13.2 Å². The van der Waals surface area contributed by atoms with Crippen molar-refractivity contribution in [3.05, 3.63) is 46.7 Å². The highest BCUT2D eigenvalue weighted by Gasteiger charge is 2.26. The van der Waals surface area contributed by atoms with Crippen molar-refractivity contribution in [2.75, 3.05) is 45.2 Å². The molecule has 3 rings (SSSR count). The van der Waals surface area contributed by atoms with Gasteiger partial charge in [-0.25, -0.2) is 8.42 Å². The number of benzene rings is 1. The zero-order valence-electron chi connectivity index (χ0n) is 16.0. The van der Waals surface area contributed by atoms with Gasteiger partial charge in [-0.3, -0.25) is 9.69 Å². The van der Waals surface area contributed by atoms with E-state index in [-0.39, 0.29) is 23.4 Å². The Bertz CT molecular complexity index is 894. The summed E-state index contributed by atoms with van der Waals surface area (Å²) in [5, 5.41) is 4.82. The molecular formula is C19H25N3O4S2. The summed E-state index contributed by atoms with van der Waals surface area (Å²) >= 11 is 1.65. The molecule has 1 aliphatic heterocycles. The summed E-state index contributed by atoms with van der Waals surface area (Å²) in [4.78, 5) is 15.8. The molecule has 0 aliphatic carbocycles. The predicted octanol–water partition coefficient (Wildman–Crippen LogP) is 2.40. The predicted molar refractivity (Wildman–Crippen MR) is 110 cm³/mol. The molecular weight excluding hydrogens is 398 g/mol. The van der Waals surface area contributed by atoms with E-state index < -0.39 is 10.0 Å². The molecule has 1 fully saturated rings. The maximum Gasteiger partial charge on any atom is 0.243 e. The van der Waals surface area contributed by atoms with Crippen LogP contribution in [0.1, 0.15) is 17.8 Å². The smallest absolute Gasteiger partial charge is 0.243 e. The third-order valence-electron chi connectivity index (χ3n) is 4.73. The molecule has 1 unspecified atom stereocenters. The van der Waals surface area contributed by atoms with Gasteiger partial charge in [0, 0.05) is 29.7 Å². The SMILES string of the molecule is CC(c1cccs1)N(C)CC(=O)Nc1cccc(S(=O)(=O)N2CCOCC2)c1. The number of sulfonamides is 1. The average Bonchev–Trinajstić information content (AvgIpc) is 3.23. The molecule has 152 valence electrons. The first-order valence-corrected chi connectivity index (χ1v) is 11.4. The van der Waals surface area contributed by atoms with Gasteiger partial charge in [0.1, 0.15) is 0 Å². The number of hydrogen-bond acceptors (Lipinski definition) is 6. The number of carbonyl (C=O) groups is 1. The Morgan fingerprint density at radius 1 is 1.29 bits per heavy atom. The Labute approximate surface area is 170 Å². The van der Waals surface area contributed by atoms with Gasteiger partial charge >= 0.3 is 0 Å². The molecule has 0 spiro atoms. The van der Waals surface area contributed by atoms with Crippen molar-refractivity contribution in [1.29, 1.82) is 0 Å². The summed E-state index contributed by atoms with van der Waals surface area (Å²) in [5.41, 5.74) is 0.469. The number of likely N-dealkylation sites (N-methyl/N-ethyl adjacent to an activating group) is 1. The van der Waals surface area contributed by atoms with Crippen molar-refractivity contribution in [1.82, 2.24) is 9.21 Å². The summed E-state index contributed by atoms with van der Waals surface area (Å²) in [6, 6.07) is 10.5. The molecule has 1 amide bonds. The molecule has 0 bridgehead atoms. The summed E-state index contributed by atoms with van der Waals surface area (Å²) < 4.78 is 32.2. The average molecular weight is 424 g/mol. The first kappa shape index (κ1) is 20.9. The number of carbonyl (C=O) groups excluding carboxylic acids is 1. The van der Waals surface area contributed by atoms with Gasteiger partial charge in [-0.15, -0.1) is 11.3 Å². The minimum absolute atomic E-state index is 0.124. The van der Waals surface area contributed by atoms with Crippen molar-refractivity contribution in [3.8, 4) is 0 Å². The maximum atomic E-state index is 12.8. The Morgan fingerprint density at radius 2 is 2.04 bits per heavy atom. The molecule has 1 aliphatic rings. The van der Waals surface area contributed by atoms with E-state index in [1.165, 1.54) is 15.2 Å². The van der Waals surface area contributed by atoms with Crippen LogP contribution in [-0.2, 0) is 19.6 Å². The molecule has 0 radical (unpaired) electrons. The largest absolute Gasteiger partial charge is 0.379 e. The first-order chi connectivity index (χ1) is 13.4. The van der Waals surface area contributed by atoms with Crippen LogP contribution in [-0.4, -0.2) is 63.4 Å². The molecule has 28 heavy (non-hydrogen) atoms. The Morgan fingerprint density at radius 3 is 2.71 bits per heavy atom. The van der Waals surface area contributed by atoms with Gasteiger partial charge in [0.05, 0.1) is 24.7 Å². The van der Waals surface area contributed by atoms with E-state index in [1.807, 2.05) is 29.5 Å². The van der Waals surface area contributed by atoms with E-state index in [2.05, 4.69) is 12.2 Å². The Hall–Kier alpha value is -1.78. The number of nitrogens with zero attached hydrogens (tertiary/aromatic N) is 2. The van der Waals surface area contributed by atoms with E-state index in [0.717, 1.165) is 0 Å². The maximum absolute atomic E-state index is 12.8. The van der Waals surface area contributed by atoms with Crippen LogP contribution in [0.2, 0.25) is 0 Å². The number of anilines is 1. The molecule has 9 heteroatoms. The van der Waals surface area contributed by atoms with Crippen molar-refractivity contribution in [2.24, 2.45) is 0 Å².